The van der Waals surface area contributed by atoms with Gasteiger partial charge in [0.05, 0.1) is 23.0 Å². The highest BCUT2D eigenvalue weighted by molar-refractivity contribution is 7.09. The summed E-state index contributed by atoms with van der Waals surface area (Å²) in [6.45, 7) is 6.61. The van der Waals surface area contributed by atoms with Gasteiger partial charge in [0, 0.05) is 50.8 Å². The first-order valence-corrected chi connectivity index (χ1v) is 7.75. The van der Waals surface area contributed by atoms with E-state index in [0.717, 1.165) is 43.5 Å². The van der Waals surface area contributed by atoms with Crippen molar-refractivity contribution < 1.29 is 4.74 Å². The summed E-state index contributed by atoms with van der Waals surface area (Å²) in [6, 6.07) is 2.11. The molecule has 0 spiro atoms. The Balaban J connectivity index is 1.76. The van der Waals surface area contributed by atoms with E-state index in [1.165, 1.54) is 5.69 Å². The summed E-state index contributed by atoms with van der Waals surface area (Å²) >= 11 is 1.72. The second-order valence-electron chi connectivity index (χ2n) is 5.35. The van der Waals surface area contributed by atoms with Crippen molar-refractivity contribution in [3.8, 4) is 0 Å². The summed E-state index contributed by atoms with van der Waals surface area (Å²) in [4.78, 5) is 7.02. The van der Waals surface area contributed by atoms with Crippen LogP contribution in [0.15, 0.2) is 17.6 Å². The molecule has 3 heterocycles. The Bertz CT molecular complexity index is 565. The Morgan fingerprint density at radius 2 is 2.35 bits per heavy atom. The molecule has 0 saturated heterocycles. The molecule has 2 aromatic heterocycles. The maximum Gasteiger partial charge on any atom is 0.0897 e. The molecule has 0 fully saturated rings. The van der Waals surface area contributed by atoms with Crippen LogP contribution < -0.4 is 0 Å². The van der Waals surface area contributed by atoms with Gasteiger partial charge in [-0.3, -0.25) is 9.58 Å². The monoisotopic (exact) mass is 292 g/mol. The molecule has 0 amide bonds. The number of hydrogen-bond acceptors (Lipinski definition) is 5. The summed E-state index contributed by atoms with van der Waals surface area (Å²) in [5, 5.41) is 7.70. The maximum absolute atomic E-state index is 5.35. The minimum Gasteiger partial charge on any atom is -0.384 e. The Kier molecular flexibility index (Phi) is 4.14. The van der Waals surface area contributed by atoms with Gasteiger partial charge >= 0.3 is 0 Å². The zero-order valence-corrected chi connectivity index (χ0v) is 12.8. The van der Waals surface area contributed by atoms with Gasteiger partial charge in [0.25, 0.3) is 0 Å². The molecule has 1 atom stereocenters. The average Bonchev–Trinajstić information content (AvgIpc) is 2.96. The quantitative estimate of drug-likeness (QED) is 0.863. The normalized spacial score (nSPS) is 19.8. The highest BCUT2D eigenvalue weighted by atomic mass is 32.1. The van der Waals surface area contributed by atoms with Crippen LogP contribution >= 0.6 is 11.3 Å². The Morgan fingerprint density at radius 3 is 3.10 bits per heavy atom. The van der Waals surface area contributed by atoms with Gasteiger partial charge in [-0.25, -0.2) is 4.98 Å². The van der Waals surface area contributed by atoms with Crippen LogP contribution in [0.5, 0.6) is 0 Å². The van der Waals surface area contributed by atoms with Crippen molar-refractivity contribution in [3.05, 3.63) is 34.0 Å². The van der Waals surface area contributed by atoms with Crippen LogP contribution in [-0.2, 0) is 24.4 Å². The summed E-state index contributed by atoms with van der Waals surface area (Å²) in [6.07, 6.45) is 1.88. The van der Waals surface area contributed by atoms with E-state index < -0.39 is 0 Å². The van der Waals surface area contributed by atoms with E-state index >= 15 is 0 Å². The van der Waals surface area contributed by atoms with Gasteiger partial charge in [0.1, 0.15) is 0 Å². The number of hydrogen-bond donors (Lipinski definition) is 0. The molecular formula is C14H20N4OS. The lowest BCUT2D eigenvalue weighted by Gasteiger charge is -2.22. The number of ether oxygens (including phenoxy) is 1. The molecule has 0 aliphatic carbocycles. The first-order chi connectivity index (χ1) is 9.74. The highest BCUT2D eigenvalue weighted by Crippen LogP contribution is 2.19. The lowest BCUT2D eigenvalue weighted by Crippen LogP contribution is -2.29. The molecule has 1 aliphatic heterocycles. The first kappa shape index (κ1) is 13.7. The molecular weight excluding hydrogens is 272 g/mol. The van der Waals surface area contributed by atoms with Crippen molar-refractivity contribution in [3.63, 3.8) is 0 Å². The van der Waals surface area contributed by atoms with Gasteiger partial charge in [0.15, 0.2) is 0 Å². The second-order valence-corrected chi connectivity index (χ2v) is 6.42. The number of aromatic nitrogens is 3. The molecule has 0 aromatic carbocycles. The van der Waals surface area contributed by atoms with Gasteiger partial charge in [-0.1, -0.05) is 0 Å². The van der Waals surface area contributed by atoms with Crippen LogP contribution in [-0.4, -0.2) is 39.9 Å². The smallest absolute Gasteiger partial charge is 0.0897 e. The largest absolute Gasteiger partial charge is 0.384 e. The standard InChI is InChI=1S/C14H20N4OS/c1-11-16-13(10-20-11)7-17-5-12(9-19-2)6-18-14(8-17)3-4-15-18/h3-4,10,12H,5-9H2,1-2H3. The summed E-state index contributed by atoms with van der Waals surface area (Å²) in [7, 11) is 1.77. The van der Waals surface area contributed by atoms with E-state index in [2.05, 4.69) is 38.0 Å². The third-order valence-electron chi connectivity index (χ3n) is 3.59. The minimum absolute atomic E-state index is 0.473. The zero-order valence-electron chi connectivity index (χ0n) is 12.0. The molecule has 5 nitrogen and oxygen atoms in total. The van der Waals surface area contributed by atoms with E-state index in [1.54, 1.807) is 18.4 Å². The van der Waals surface area contributed by atoms with E-state index in [4.69, 9.17) is 4.74 Å². The molecule has 6 heteroatoms. The topological polar surface area (TPSA) is 43.2 Å². The van der Waals surface area contributed by atoms with Crippen LogP contribution in [0.1, 0.15) is 16.4 Å². The molecule has 2 aromatic rings. The molecule has 20 heavy (non-hydrogen) atoms. The number of nitrogens with zero attached hydrogens (tertiary/aromatic N) is 4. The predicted octanol–water partition coefficient (Wildman–Crippen LogP) is 1.93. The van der Waals surface area contributed by atoms with Crippen molar-refractivity contribution in [2.24, 2.45) is 5.92 Å². The zero-order chi connectivity index (χ0) is 13.9. The minimum atomic E-state index is 0.473. The van der Waals surface area contributed by atoms with Gasteiger partial charge in [0.2, 0.25) is 0 Å². The number of aryl methyl sites for hydroxylation is 1. The van der Waals surface area contributed by atoms with E-state index in [0.29, 0.717) is 5.92 Å². The lowest BCUT2D eigenvalue weighted by atomic mass is 10.1. The predicted molar refractivity (Wildman–Crippen MR) is 78.6 cm³/mol. The van der Waals surface area contributed by atoms with Crippen molar-refractivity contribution in [2.45, 2.75) is 26.6 Å². The third-order valence-corrected chi connectivity index (χ3v) is 4.41. The molecule has 0 radical (unpaired) electrons. The van der Waals surface area contributed by atoms with Crippen molar-refractivity contribution >= 4 is 11.3 Å². The van der Waals surface area contributed by atoms with Gasteiger partial charge in [-0.15, -0.1) is 11.3 Å². The highest BCUT2D eigenvalue weighted by Gasteiger charge is 2.22. The third kappa shape index (κ3) is 3.08. The van der Waals surface area contributed by atoms with Crippen LogP contribution in [0.25, 0.3) is 0 Å². The Labute approximate surface area is 123 Å². The molecule has 1 unspecified atom stereocenters. The molecule has 0 bridgehead atoms. The number of methoxy groups -OCH3 is 1. The fraction of sp³-hybridized carbons (Fsp3) is 0.571. The van der Waals surface area contributed by atoms with Crippen molar-refractivity contribution in [1.29, 1.82) is 0 Å². The fourth-order valence-electron chi connectivity index (χ4n) is 2.79. The first-order valence-electron chi connectivity index (χ1n) is 6.87. The van der Waals surface area contributed by atoms with E-state index in [9.17, 15) is 0 Å². The summed E-state index contributed by atoms with van der Waals surface area (Å²) < 4.78 is 7.46. The van der Waals surface area contributed by atoms with Gasteiger partial charge in [-0.2, -0.15) is 5.10 Å². The average molecular weight is 292 g/mol. The van der Waals surface area contributed by atoms with Crippen LogP contribution in [0.4, 0.5) is 0 Å². The maximum atomic E-state index is 5.35. The molecule has 1 aliphatic rings. The second kappa shape index (κ2) is 6.03. The lowest BCUT2D eigenvalue weighted by molar-refractivity contribution is 0.113. The Morgan fingerprint density at radius 1 is 1.45 bits per heavy atom. The molecule has 108 valence electrons. The van der Waals surface area contributed by atoms with Crippen LogP contribution in [0.3, 0.4) is 0 Å². The summed E-state index contributed by atoms with van der Waals surface area (Å²) in [5.74, 6) is 0.473. The number of fused-ring (bicyclic) bond motifs is 1. The fourth-order valence-corrected chi connectivity index (χ4v) is 3.40. The Hall–Kier alpha value is -1.24. The van der Waals surface area contributed by atoms with E-state index in [-0.39, 0.29) is 0 Å². The molecule has 0 N–H and O–H groups in total. The number of rotatable bonds is 4. The summed E-state index contributed by atoms with van der Waals surface area (Å²) in [5.41, 5.74) is 2.44. The van der Waals surface area contributed by atoms with Crippen molar-refractivity contribution in [1.82, 2.24) is 19.7 Å². The van der Waals surface area contributed by atoms with Gasteiger partial charge < -0.3 is 4.74 Å². The van der Waals surface area contributed by atoms with Crippen molar-refractivity contribution in [2.75, 3.05) is 20.3 Å². The van der Waals surface area contributed by atoms with Crippen LogP contribution in [0, 0.1) is 12.8 Å². The SMILES string of the molecule is COCC1CN(Cc2csc(C)n2)Cc2ccnn2C1. The number of thiazole rings is 1. The van der Waals surface area contributed by atoms with E-state index in [1.807, 2.05) is 6.20 Å². The molecule has 3 rings (SSSR count). The van der Waals surface area contributed by atoms with Crippen LogP contribution in [0.2, 0.25) is 0 Å². The van der Waals surface area contributed by atoms with Gasteiger partial charge in [-0.05, 0) is 13.0 Å². The molecule has 0 saturated carbocycles.